The number of allylic oxidation sites excluding steroid dienone is 1. The van der Waals surface area contributed by atoms with Gasteiger partial charge in [-0.1, -0.05) is 0 Å². The summed E-state index contributed by atoms with van der Waals surface area (Å²) in [5.41, 5.74) is 4.87. The summed E-state index contributed by atoms with van der Waals surface area (Å²) in [7, 11) is 3.13. The quantitative estimate of drug-likeness (QED) is 0.464. The Morgan fingerprint density at radius 1 is 1.00 bits per heavy atom. The van der Waals surface area contributed by atoms with Crippen LogP contribution in [0.5, 0.6) is 17.2 Å². The van der Waals surface area contributed by atoms with Crippen LogP contribution in [-0.4, -0.2) is 26.0 Å². The molecule has 0 radical (unpaired) electrons. The van der Waals surface area contributed by atoms with Crippen molar-refractivity contribution >= 4 is 17.8 Å². The Hall–Kier alpha value is -3.08. The van der Waals surface area contributed by atoms with E-state index in [4.69, 9.17) is 14.2 Å². The summed E-state index contributed by atoms with van der Waals surface area (Å²) in [6.45, 7) is 5.15. The van der Waals surface area contributed by atoms with Gasteiger partial charge in [0.1, 0.15) is 5.75 Å². The minimum atomic E-state index is -0.350. The number of methoxy groups -OCH3 is 2. The molecule has 140 valence electrons. The highest BCUT2D eigenvalue weighted by atomic mass is 16.5. The lowest BCUT2D eigenvalue weighted by Crippen LogP contribution is -2.04. The van der Waals surface area contributed by atoms with Gasteiger partial charge in [0.15, 0.2) is 17.3 Å². The maximum atomic E-state index is 12.8. The molecule has 0 aromatic heterocycles. The van der Waals surface area contributed by atoms with E-state index in [1.807, 2.05) is 38.1 Å². The first kappa shape index (κ1) is 18.7. The Kier molecular flexibility index (Phi) is 5.04. The molecule has 2 aromatic rings. The van der Waals surface area contributed by atoms with Gasteiger partial charge >= 0.3 is 5.97 Å². The first-order chi connectivity index (χ1) is 12.8. The van der Waals surface area contributed by atoms with Crippen LogP contribution in [0.2, 0.25) is 0 Å². The first-order valence-electron chi connectivity index (χ1n) is 8.64. The fourth-order valence-electron chi connectivity index (χ4n) is 3.43. The minimum Gasteiger partial charge on any atom is -0.493 e. The fourth-order valence-corrected chi connectivity index (χ4v) is 3.43. The zero-order valence-electron chi connectivity index (χ0n) is 16.1. The molecule has 1 aliphatic rings. The van der Waals surface area contributed by atoms with Crippen molar-refractivity contribution in [2.24, 2.45) is 0 Å². The SMILES string of the molecule is COc1cc2c(cc1OC)C(=O)/C(=C/c1cc(C)c(OC(C)=O)c(C)c1)C2. The topological polar surface area (TPSA) is 61.8 Å². The van der Waals surface area contributed by atoms with Crippen LogP contribution in [0.3, 0.4) is 0 Å². The molecule has 5 heteroatoms. The number of esters is 1. The molecule has 27 heavy (non-hydrogen) atoms. The Morgan fingerprint density at radius 3 is 2.15 bits per heavy atom. The summed E-state index contributed by atoms with van der Waals surface area (Å²) in [6.07, 6.45) is 2.43. The molecule has 0 heterocycles. The lowest BCUT2D eigenvalue weighted by Gasteiger charge is -2.10. The fraction of sp³-hybridized carbons (Fsp3) is 0.273. The summed E-state index contributed by atoms with van der Waals surface area (Å²) in [4.78, 5) is 24.1. The summed E-state index contributed by atoms with van der Waals surface area (Å²) in [6, 6.07) is 7.41. The van der Waals surface area contributed by atoms with Crippen LogP contribution in [0.4, 0.5) is 0 Å². The summed E-state index contributed by atoms with van der Waals surface area (Å²) < 4.78 is 15.9. The van der Waals surface area contributed by atoms with Crippen molar-refractivity contribution in [3.8, 4) is 17.2 Å². The monoisotopic (exact) mass is 366 g/mol. The second-order valence-electron chi connectivity index (χ2n) is 6.62. The van der Waals surface area contributed by atoms with Crippen molar-refractivity contribution in [3.63, 3.8) is 0 Å². The van der Waals surface area contributed by atoms with Gasteiger partial charge in [0.05, 0.1) is 14.2 Å². The number of benzene rings is 2. The van der Waals surface area contributed by atoms with Crippen molar-refractivity contribution in [1.29, 1.82) is 0 Å². The number of hydrogen-bond acceptors (Lipinski definition) is 5. The number of ketones is 1. The third-order valence-electron chi connectivity index (χ3n) is 4.60. The molecule has 0 amide bonds. The molecule has 0 atom stereocenters. The van der Waals surface area contributed by atoms with E-state index in [0.717, 1.165) is 22.3 Å². The number of rotatable bonds is 4. The number of carbonyl (C=O) groups is 2. The molecule has 0 aliphatic heterocycles. The second-order valence-corrected chi connectivity index (χ2v) is 6.62. The van der Waals surface area contributed by atoms with Crippen molar-refractivity contribution in [2.75, 3.05) is 14.2 Å². The highest BCUT2D eigenvalue weighted by Gasteiger charge is 2.27. The van der Waals surface area contributed by atoms with Crippen LogP contribution < -0.4 is 14.2 Å². The summed E-state index contributed by atoms with van der Waals surface area (Å²) in [5.74, 6) is 1.37. The molecule has 0 N–H and O–H groups in total. The molecule has 0 spiro atoms. The van der Waals surface area contributed by atoms with Crippen LogP contribution in [0.1, 0.15) is 39.5 Å². The van der Waals surface area contributed by atoms with E-state index in [9.17, 15) is 9.59 Å². The molecule has 2 aromatic carbocycles. The molecule has 5 nitrogen and oxygen atoms in total. The van der Waals surface area contributed by atoms with E-state index in [0.29, 0.717) is 34.8 Å². The molecular formula is C22H22O5. The number of carbonyl (C=O) groups excluding carboxylic acids is 2. The van der Waals surface area contributed by atoms with E-state index in [2.05, 4.69) is 0 Å². The second kappa shape index (κ2) is 7.27. The Balaban J connectivity index is 1.97. The predicted octanol–water partition coefficient (Wildman–Crippen LogP) is 4.07. The van der Waals surface area contributed by atoms with Crippen LogP contribution in [0, 0.1) is 13.8 Å². The van der Waals surface area contributed by atoms with E-state index in [1.54, 1.807) is 20.3 Å². The third-order valence-corrected chi connectivity index (χ3v) is 4.60. The highest BCUT2D eigenvalue weighted by Crippen LogP contribution is 2.37. The van der Waals surface area contributed by atoms with Gasteiger partial charge in [-0.3, -0.25) is 9.59 Å². The van der Waals surface area contributed by atoms with Crippen molar-refractivity contribution in [1.82, 2.24) is 0 Å². The first-order valence-corrected chi connectivity index (χ1v) is 8.64. The van der Waals surface area contributed by atoms with Crippen LogP contribution in [0.15, 0.2) is 29.8 Å². The zero-order chi connectivity index (χ0) is 19.7. The predicted molar refractivity (Wildman–Crippen MR) is 103 cm³/mol. The number of aryl methyl sites for hydroxylation is 2. The smallest absolute Gasteiger partial charge is 0.308 e. The van der Waals surface area contributed by atoms with Gasteiger partial charge in [0, 0.05) is 24.5 Å². The van der Waals surface area contributed by atoms with Gasteiger partial charge in [0.25, 0.3) is 0 Å². The van der Waals surface area contributed by atoms with E-state index in [1.165, 1.54) is 6.92 Å². The minimum absolute atomic E-state index is 0.00896. The number of Topliss-reactive ketones (excluding diaryl/α,β-unsaturated/α-hetero) is 1. The van der Waals surface area contributed by atoms with E-state index >= 15 is 0 Å². The van der Waals surface area contributed by atoms with Crippen LogP contribution in [-0.2, 0) is 11.2 Å². The Labute approximate surface area is 158 Å². The molecule has 0 saturated heterocycles. The summed E-state index contributed by atoms with van der Waals surface area (Å²) in [5, 5.41) is 0. The Bertz CT molecular complexity index is 946. The van der Waals surface area contributed by atoms with Gasteiger partial charge in [-0.15, -0.1) is 0 Å². The van der Waals surface area contributed by atoms with Crippen LogP contribution in [0.25, 0.3) is 6.08 Å². The van der Waals surface area contributed by atoms with Crippen molar-refractivity contribution in [3.05, 3.63) is 57.7 Å². The van der Waals surface area contributed by atoms with Gasteiger partial charge in [-0.05, 0) is 66.4 Å². The maximum absolute atomic E-state index is 12.8. The van der Waals surface area contributed by atoms with Gasteiger partial charge in [0.2, 0.25) is 0 Å². The molecular weight excluding hydrogens is 344 g/mol. The normalized spacial score (nSPS) is 14.3. The summed E-state index contributed by atoms with van der Waals surface area (Å²) >= 11 is 0. The van der Waals surface area contributed by atoms with E-state index < -0.39 is 0 Å². The average Bonchev–Trinajstić information content (AvgIpc) is 2.91. The molecule has 1 aliphatic carbocycles. The lowest BCUT2D eigenvalue weighted by atomic mass is 10.0. The molecule has 0 fully saturated rings. The van der Waals surface area contributed by atoms with Crippen molar-refractivity contribution in [2.45, 2.75) is 27.2 Å². The zero-order valence-corrected chi connectivity index (χ0v) is 16.1. The number of fused-ring (bicyclic) bond motifs is 1. The van der Waals surface area contributed by atoms with Crippen molar-refractivity contribution < 1.29 is 23.8 Å². The highest BCUT2D eigenvalue weighted by molar-refractivity contribution is 6.16. The standard InChI is InChI=1S/C22H22O5/c1-12-6-15(7-13(2)22(12)27-14(3)23)8-17-9-16-10-19(25-4)20(26-5)11-18(16)21(17)24/h6-8,10-11H,9H2,1-5H3/b17-8+. The third kappa shape index (κ3) is 3.58. The maximum Gasteiger partial charge on any atom is 0.308 e. The Morgan fingerprint density at radius 2 is 1.59 bits per heavy atom. The van der Waals surface area contributed by atoms with Gasteiger partial charge in [-0.2, -0.15) is 0 Å². The lowest BCUT2D eigenvalue weighted by molar-refractivity contribution is -0.131. The number of hydrogen-bond donors (Lipinski definition) is 0. The molecule has 0 unspecified atom stereocenters. The van der Waals surface area contributed by atoms with Crippen LogP contribution >= 0.6 is 0 Å². The molecule has 0 bridgehead atoms. The molecule has 0 saturated carbocycles. The number of ether oxygens (including phenoxy) is 3. The van der Waals surface area contributed by atoms with Gasteiger partial charge in [-0.25, -0.2) is 0 Å². The average molecular weight is 366 g/mol. The molecule has 3 rings (SSSR count). The van der Waals surface area contributed by atoms with E-state index in [-0.39, 0.29) is 11.8 Å². The largest absolute Gasteiger partial charge is 0.493 e. The van der Waals surface area contributed by atoms with Gasteiger partial charge < -0.3 is 14.2 Å².